The minimum absolute atomic E-state index is 0.0362. The molecule has 2 heterocycles. The first-order chi connectivity index (χ1) is 14.5. The van der Waals surface area contributed by atoms with Gasteiger partial charge in [-0.1, -0.05) is 24.3 Å². The second kappa shape index (κ2) is 8.16. The van der Waals surface area contributed by atoms with Crippen molar-refractivity contribution in [1.82, 2.24) is 4.98 Å². The SMILES string of the molecule is COc1cccc2cc(C(=O)Nc3ccccn3)c(=Nc3cc(F)ccc3C)oc12. The molecule has 4 rings (SSSR count). The third-order valence-corrected chi connectivity index (χ3v) is 4.50. The van der Waals surface area contributed by atoms with Gasteiger partial charge in [-0.3, -0.25) is 4.79 Å². The van der Waals surface area contributed by atoms with E-state index in [1.54, 1.807) is 61.7 Å². The molecule has 0 saturated heterocycles. The van der Waals surface area contributed by atoms with Crippen molar-refractivity contribution in [3.05, 3.63) is 89.4 Å². The quantitative estimate of drug-likeness (QED) is 0.533. The van der Waals surface area contributed by atoms with Gasteiger partial charge in [-0.2, -0.15) is 0 Å². The van der Waals surface area contributed by atoms with Crippen LogP contribution in [-0.2, 0) is 0 Å². The molecule has 0 aliphatic rings. The normalized spacial score (nSPS) is 11.5. The van der Waals surface area contributed by atoms with E-state index in [9.17, 15) is 9.18 Å². The van der Waals surface area contributed by atoms with Crippen molar-refractivity contribution in [2.75, 3.05) is 12.4 Å². The molecule has 0 atom stereocenters. The van der Waals surface area contributed by atoms with Crippen LogP contribution in [0, 0.1) is 12.7 Å². The number of aromatic nitrogens is 1. The average Bonchev–Trinajstić information content (AvgIpc) is 2.76. The molecule has 30 heavy (non-hydrogen) atoms. The lowest BCUT2D eigenvalue weighted by Crippen LogP contribution is -2.22. The van der Waals surface area contributed by atoms with E-state index in [4.69, 9.17) is 9.15 Å². The molecule has 0 aliphatic carbocycles. The second-order valence-corrected chi connectivity index (χ2v) is 6.56. The van der Waals surface area contributed by atoms with E-state index in [-0.39, 0.29) is 11.1 Å². The first kappa shape index (κ1) is 19.3. The molecule has 2 aromatic heterocycles. The summed E-state index contributed by atoms with van der Waals surface area (Å²) in [5.41, 5.74) is 1.75. The molecule has 0 radical (unpaired) electrons. The number of carbonyl (C=O) groups is 1. The van der Waals surface area contributed by atoms with Crippen molar-refractivity contribution >= 4 is 28.4 Å². The van der Waals surface area contributed by atoms with Gasteiger partial charge in [0.2, 0.25) is 5.55 Å². The molecule has 0 saturated carbocycles. The molecule has 0 bridgehead atoms. The summed E-state index contributed by atoms with van der Waals surface area (Å²) in [6.07, 6.45) is 1.58. The van der Waals surface area contributed by atoms with Crippen molar-refractivity contribution in [3.8, 4) is 5.75 Å². The largest absolute Gasteiger partial charge is 0.493 e. The number of anilines is 1. The highest BCUT2D eigenvalue weighted by atomic mass is 19.1. The van der Waals surface area contributed by atoms with Crippen LogP contribution in [0.5, 0.6) is 5.75 Å². The fourth-order valence-corrected chi connectivity index (χ4v) is 2.96. The molecule has 0 spiro atoms. The number of aryl methyl sites for hydroxylation is 1. The van der Waals surface area contributed by atoms with Gasteiger partial charge in [0.25, 0.3) is 5.91 Å². The number of rotatable bonds is 4. The van der Waals surface area contributed by atoms with Crippen LogP contribution in [0.25, 0.3) is 11.0 Å². The van der Waals surface area contributed by atoms with Gasteiger partial charge < -0.3 is 14.5 Å². The van der Waals surface area contributed by atoms with Gasteiger partial charge in [-0.05, 0) is 48.9 Å². The second-order valence-electron chi connectivity index (χ2n) is 6.56. The van der Waals surface area contributed by atoms with Gasteiger partial charge in [0.15, 0.2) is 11.3 Å². The monoisotopic (exact) mass is 403 g/mol. The van der Waals surface area contributed by atoms with Crippen molar-refractivity contribution in [2.24, 2.45) is 4.99 Å². The Hall–Kier alpha value is -4.00. The van der Waals surface area contributed by atoms with Crippen LogP contribution in [-0.4, -0.2) is 18.0 Å². The van der Waals surface area contributed by atoms with Gasteiger partial charge in [0.1, 0.15) is 17.2 Å². The highest BCUT2D eigenvalue weighted by Crippen LogP contribution is 2.26. The Morgan fingerprint density at radius 1 is 1.13 bits per heavy atom. The fraction of sp³-hybridized carbons (Fsp3) is 0.0870. The predicted octanol–water partition coefficient (Wildman–Crippen LogP) is 4.77. The molecular formula is C23H18FN3O3. The number of nitrogens with one attached hydrogen (secondary N) is 1. The van der Waals surface area contributed by atoms with Gasteiger partial charge in [-0.25, -0.2) is 14.4 Å². The predicted molar refractivity (Wildman–Crippen MR) is 111 cm³/mol. The number of amides is 1. The van der Waals surface area contributed by atoms with Crippen LogP contribution >= 0.6 is 0 Å². The van der Waals surface area contributed by atoms with Crippen LogP contribution in [0.1, 0.15) is 15.9 Å². The molecule has 7 heteroatoms. The maximum absolute atomic E-state index is 13.8. The minimum Gasteiger partial charge on any atom is -0.493 e. The van der Waals surface area contributed by atoms with Crippen LogP contribution < -0.4 is 15.6 Å². The molecule has 6 nitrogen and oxygen atoms in total. The highest BCUT2D eigenvalue weighted by Gasteiger charge is 2.16. The van der Waals surface area contributed by atoms with E-state index in [1.807, 2.05) is 0 Å². The van der Waals surface area contributed by atoms with E-state index in [0.29, 0.717) is 28.2 Å². The smallest absolute Gasteiger partial charge is 0.262 e. The zero-order valence-electron chi connectivity index (χ0n) is 16.3. The van der Waals surface area contributed by atoms with Gasteiger partial charge >= 0.3 is 0 Å². The average molecular weight is 403 g/mol. The van der Waals surface area contributed by atoms with E-state index in [1.165, 1.54) is 19.2 Å². The Morgan fingerprint density at radius 2 is 2.00 bits per heavy atom. The van der Waals surface area contributed by atoms with Crippen LogP contribution in [0.2, 0.25) is 0 Å². The Kier molecular flexibility index (Phi) is 5.26. The van der Waals surface area contributed by atoms with Crippen LogP contribution in [0.3, 0.4) is 0 Å². The Morgan fingerprint density at radius 3 is 2.77 bits per heavy atom. The number of carbonyl (C=O) groups excluding carboxylic acids is 1. The first-order valence-corrected chi connectivity index (χ1v) is 9.19. The molecule has 2 aromatic carbocycles. The number of hydrogen-bond donors (Lipinski definition) is 1. The van der Waals surface area contributed by atoms with E-state index in [2.05, 4.69) is 15.3 Å². The molecule has 1 amide bonds. The Labute approximate surface area is 171 Å². The van der Waals surface area contributed by atoms with Crippen LogP contribution in [0.15, 0.2) is 76.3 Å². The van der Waals surface area contributed by atoms with Gasteiger partial charge in [0, 0.05) is 11.6 Å². The summed E-state index contributed by atoms with van der Waals surface area (Å²) in [5, 5.41) is 3.39. The molecule has 0 aliphatic heterocycles. The minimum atomic E-state index is -0.449. The number of fused-ring (bicyclic) bond motifs is 1. The number of methoxy groups -OCH3 is 1. The van der Waals surface area contributed by atoms with Gasteiger partial charge in [0.05, 0.1) is 12.8 Å². The maximum atomic E-state index is 13.8. The molecule has 4 aromatic rings. The Balaban J connectivity index is 1.93. The number of benzene rings is 2. The van der Waals surface area contributed by atoms with Crippen molar-refractivity contribution in [3.63, 3.8) is 0 Å². The molecule has 0 unspecified atom stereocenters. The zero-order valence-corrected chi connectivity index (χ0v) is 16.3. The summed E-state index contributed by atoms with van der Waals surface area (Å²) in [6.45, 7) is 1.80. The lowest BCUT2D eigenvalue weighted by atomic mass is 10.1. The lowest BCUT2D eigenvalue weighted by molar-refractivity contribution is 0.102. The number of para-hydroxylation sites is 1. The number of ether oxygens (including phenoxy) is 1. The number of hydrogen-bond acceptors (Lipinski definition) is 5. The first-order valence-electron chi connectivity index (χ1n) is 9.19. The molecule has 0 fully saturated rings. The topological polar surface area (TPSA) is 76.7 Å². The van der Waals surface area contributed by atoms with E-state index in [0.717, 1.165) is 5.56 Å². The summed E-state index contributed by atoms with van der Waals surface area (Å²) >= 11 is 0. The summed E-state index contributed by atoms with van der Waals surface area (Å²) in [6, 6.07) is 16.4. The summed E-state index contributed by atoms with van der Waals surface area (Å²) in [7, 11) is 1.53. The molecular weight excluding hydrogens is 385 g/mol. The number of pyridine rings is 1. The third-order valence-electron chi connectivity index (χ3n) is 4.50. The number of nitrogens with zero attached hydrogens (tertiary/aromatic N) is 2. The summed E-state index contributed by atoms with van der Waals surface area (Å²) in [5.74, 6) is 0.00454. The van der Waals surface area contributed by atoms with Crippen LogP contribution in [0.4, 0.5) is 15.9 Å². The summed E-state index contributed by atoms with van der Waals surface area (Å²) in [4.78, 5) is 21.6. The molecule has 1 N–H and O–H groups in total. The maximum Gasteiger partial charge on any atom is 0.262 e. The zero-order chi connectivity index (χ0) is 21.1. The van der Waals surface area contributed by atoms with E-state index >= 15 is 0 Å². The summed E-state index contributed by atoms with van der Waals surface area (Å²) < 4.78 is 25.1. The number of halogens is 1. The standard InChI is InChI=1S/C23H18FN3O3/c1-14-9-10-16(24)13-18(14)26-23-17(22(28)27-20-8-3-4-11-25-20)12-15-6-5-7-19(29-2)21(15)30-23/h3-13H,1-2H3,(H,25,27,28). The lowest BCUT2D eigenvalue weighted by Gasteiger charge is -2.09. The highest BCUT2D eigenvalue weighted by molar-refractivity contribution is 6.05. The van der Waals surface area contributed by atoms with Gasteiger partial charge in [-0.15, -0.1) is 0 Å². The van der Waals surface area contributed by atoms with Crippen molar-refractivity contribution in [1.29, 1.82) is 0 Å². The Bertz CT molecular complexity index is 1300. The third kappa shape index (κ3) is 3.91. The fourth-order valence-electron chi connectivity index (χ4n) is 2.96. The van der Waals surface area contributed by atoms with E-state index < -0.39 is 11.7 Å². The molecule has 150 valence electrons. The van der Waals surface area contributed by atoms with Crippen molar-refractivity contribution < 1.29 is 18.3 Å². The van der Waals surface area contributed by atoms with Crippen molar-refractivity contribution in [2.45, 2.75) is 6.92 Å².